The van der Waals surface area contributed by atoms with Gasteiger partial charge in [-0.25, -0.2) is 4.39 Å². The first-order valence-corrected chi connectivity index (χ1v) is 10.5. The highest BCUT2D eigenvalue weighted by molar-refractivity contribution is 6.08. The van der Waals surface area contributed by atoms with Gasteiger partial charge in [-0.1, -0.05) is 18.2 Å². The zero-order chi connectivity index (χ0) is 22.8. The van der Waals surface area contributed by atoms with Crippen LogP contribution in [0.4, 0.5) is 4.39 Å². The van der Waals surface area contributed by atoms with E-state index in [1.165, 1.54) is 16.8 Å². The summed E-state index contributed by atoms with van der Waals surface area (Å²) in [5.74, 6) is 5.48. The lowest BCUT2D eigenvalue weighted by Crippen LogP contribution is -2.27. The van der Waals surface area contributed by atoms with Gasteiger partial charge in [0.15, 0.2) is 0 Å². The number of nitrogens with two attached hydrogens (primary N) is 1. The number of hydrogen-bond donors (Lipinski definition) is 2. The zero-order valence-electron chi connectivity index (χ0n) is 18.3. The Labute approximate surface area is 185 Å². The van der Waals surface area contributed by atoms with E-state index in [9.17, 15) is 9.18 Å². The van der Waals surface area contributed by atoms with Gasteiger partial charge in [-0.05, 0) is 66.9 Å². The minimum absolute atomic E-state index is 0.181. The quantitative estimate of drug-likeness (QED) is 0.470. The lowest BCUT2D eigenvalue weighted by atomic mass is 10.0. The molecule has 0 saturated heterocycles. The van der Waals surface area contributed by atoms with Crippen molar-refractivity contribution in [1.82, 2.24) is 14.6 Å². The van der Waals surface area contributed by atoms with Crippen LogP contribution >= 0.6 is 0 Å². The van der Waals surface area contributed by atoms with E-state index in [0.29, 0.717) is 17.6 Å². The molecule has 0 saturated carbocycles. The van der Waals surface area contributed by atoms with E-state index in [0.717, 1.165) is 27.6 Å². The molecule has 6 nitrogen and oxygen atoms in total. The molecule has 1 amide bonds. The summed E-state index contributed by atoms with van der Waals surface area (Å²) in [5, 5.41) is 3.87. The molecule has 4 rings (SSSR count). The largest absolute Gasteiger partial charge is 0.350 e. The number of rotatable bonds is 5. The molecule has 164 valence electrons. The number of amides is 1. The number of carbonyl (C=O) groups is 1. The maximum Gasteiger partial charge on any atom is 0.253 e. The topological polar surface area (TPSA) is 77.3 Å². The van der Waals surface area contributed by atoms with E-state index in [-0.39, 0.29) is 17.8 Å². The van der Waals surface area contributed by atoms with Crippen molar-refractivity contribution in [2.24, 2.45) is 12.0 Å². The molecule has 7 heteroatoms. The Morgan fingerprint density at radius 1 is 1.12 bits per heavy atom. The SMILES string of the molecule is CCN=c1cc(-c2ccc3c(c2)c(C(=O)NC(C)c2ccc(F)cc2)cn3C)ccn1N. The van der Waals surface area contributed by atoms with Crippen LogP contribution < -0.4 is 16.6 Å². The third kappa shape index (κ3) is 4.14. The van der Waals surface area contributed by atoms with Gasteiger partial charge in [-0.3, -0.25) is 14.5 Å². The molecule has 2 aromatic heterocycles. The molecule has 0 aliphatic carbocycles. The molecular weight excluding hydrogens is 405 g/mol. The van der Waals surface area contributed by atoms with Gasteiger partial charge in [-0.15, -0.1) is 0 Å². The lowest BCUT2D eigenvalue weighted by Gasteiger charge is -2.14. The first-order valence-electron chi connectivity index (χ1n) is 10.5. The highest BCUT2D eigenvalue weighted by Gasteiger charge is 2.17. The Morgan fingerprint density at radius 2 is 1.84 bits per heavy atom. The Balaban J connectivity index is 1.70. The van der Waals surface area contributed by atoms with Crippen LogP contribution in [0.5, 0.6) is 0 Å². The third-order valence-electron chi connectivity index (χ3n) is 5.57. The van der Waals surface area contributed by atoms with Gasteiger partial charge in [0.05, 0.1) is 11.6 Å². The molecule has 0 bridgehead atoms. The van der Waals surface area contributed by atoms with E-state index in [1.54, 1.807) is 18.3 Å². The van der Waals surface area contributed by atoms with Crippen LogP contribution in [0, 0.1) is 5.82 Å². The molecule has 0 aliphatic heterocycles. The number of aryl methyl sites for hydroxylation is 1. The van der Waals surface area contributed by atoms with Crippen molar-refractivity contribution in [3.8, 4) is 11.1 Å². The predicted octanol–water partition coefficient (Wildman–Crippen LogP) is 3.91. The van der Waals surface area contributed by atoms with E-state index in [1.807, 2.05) is 62.0 Å². The van der Waals surface area contributed by atoms with Crippen LogP contribution in [0.25, 0.3) is 22.0 Å². The minimum Gasteiger partial charge on any atom is -0.350 e. The number of pyridine rings is 1. The first kappa shape index (κ1) is 21.4. The number of nitrogen functional groups attached to an aromatic ring is 1. The summed E-state index contributed by atoms with van der Waals surface area (Å²) in [7, 11) is 1.92. The van der Waals surface area contributed by atoms with E-state index in [4.69, 9.17) is 5.84 Å². The number of nitrogens with one attached hydrogen (secondary N) is 1. The molecule has 1 unspecified atom stereocenters. The molecule has 3 N–H and O–H groups in total. The van der Waals surface area contributed by atoms with Crippen LogP contribution in [0.2, 0.25) is 0 Å². The van der Waals surface area contributed by atoms with Crippen molar-refractivity contribution < 1.29 is 9.18 Å². The summed E-state index contributed by atoms with van der Waals surface area (Å²) >= 11 is 0. The van der Waals surface area contributed by atoms with E-state index < -0.39 is 0 Å². The average Bonchev–Trinajstić information content (AvgIpc) is 3.12. The second kappa shape index (κ2) is 8.70. The van der Waals surface area contributed by atoms with Crippen LogP contribution in [-0.2, 0) is 7.05 Å². The van der Waals surface area contributed by atoms with Crippen LogP contribution in [-0.4, -0.2) is 21.7 Å². The number of nitrogens with zero attached hydrogens (tertiary/aromatic N) is 3. The first-order chi connectivity index (χ1) is 15.4. The maximum absolute atomic E-state index is 13.2. The van der Waals surface area contributed by atoms with Crippen LogP contribution in [0.3, 0.4) is 0 Å². The van der Waals surface area contributed by atoms with Gasteiger partial charge in [0.25, 0.3) is 5.91 Å². The molecule has 1 atom stereocenters. The molecule has 0 aliphatic rings. The molecule has 2 heterocycles. The average molecular weight is 432 g/mol. The number of carbonyl (C=O) groups excluding carboxylic acids is 1. The van der Waals surface area contributed by atoms with Crippen molar-refractivity contribution in [3.63, 3.8) is 0 Å². The van der Waals surface area contributed by atoms with Gasteiger partial charge in [0.2, 0.25) is 0 Å². The van der Waals surface area contributed by atoms with E-state index >= 15 is 0 Å². The van der Waals surface area contributed by atoms with Crippen molar-refractivity contribution >= 4 is 16.8 Å². The standard InChI is InChI=1S/C25H26FN5O/c1-4-28-24-14-19(11-12-31(24)27)18-7-10-23-21(13-18)22(15-30(23)3)25(32)29-16(2)17-5-8-20(26)9-6-17/h5-16H,4,27H2,1-3H3,(H,29,32). The molecule has 32 heavy (non-hydrogen) atoms. The monoisotopic (exact) mass is 431 g/mol. The van der Waals surface area contributed by atoms with Crippen molar-refractivity contribution in [2.75, 3.05) is 12.4 Å². The maximum atomic E-state index is 13.2. The number of fused-ring (bicyclic) bond motifs is 1. The van der Waals surface area contributed by atoms with Crippen LogP contribution in [0.1, 0.15) is 35.8 Å². The Kier molecular flexibility index (Phi) is 5.81. The lowest BCUT2D eigenvalue weighted by molar-refractivity contribution is 0.0941. The van der Waals surface area contributed by atoms with Crippen LogP contribution in [0.15, 0.2) is 72.0 Å². The smallest absolute Gasteiger partial charge is 0.253 e. The molecule has 0 fully saturated rings. The van der Waals surface area contributed by atoms with Gasteiger partial charge in [0.1, 0.15) is 11.3 Å². The summed E-state index contributed by atoms with van der Waals surface area (Å²) in [4.78, 5) is 17.5. The Bertz CT molecular complexity index is 1350. The number of aromatic nitrogens is 2. The molecule has 2 aromatic carbocycles. The summed E-state index contributed by atoms with van der Waals surface area (Å²) in [6, 6.07) is 15.8. The zero-order valence-corrected chi connectivity index (χ0v) is 18.3. The van der Waals surface area contributed by atoms with Gasteiger partial charge >= 0.3 is 0 Å². The second-order valence-corrected chi connectivity index (χ2v) is 7.79. The summed E-state index contributed by atoms with van der Waals surface area (Å²) < 4.78 is 16.6. The Morgan fingerprint density at radius 3 is 2.56 bits per heavy atom. The normalized spacial score (nSPS) is 12.8. The second-order valence-electron chi connectivity index (χ2n) is 7.79. The summed E-state index contributed by atoms with van der Waals surface area (Å²) in [5.41, 5.74) is 5.00. The van der Waals surface area contributed by atoms with Crippen molar-refractivity contribution in [1.29, 1.82) is 0 Å². The molecule has 0 radical (unpaired) electrons. The van der Waals surface area contributed by atoms with Gasteiger partial charge in [0, 0.05) is 36.9 Å². The third-order valence-corrected chi connectivity index (χ3v) is 5.57. The van der Waals surface area contributed by atoms with Crippen molar-refractivity contribution in [3.05, 3.63) is 89.4 Å². The number of hydrogen-bond acceptors (Lipinski definition) is 3. The van der Waals surface area contributed by atoms with E-state index in [2.05, 4.69) is 10.3 Å². The fraction of sp³-hybridized carbons (Fsp3) is 0.200. The summed E-state index contributed by atoms with van der Waals surface area (Å²) in [6.45, 7) is 4.47. The Hall–Kier alpha value is -3.87. The minimum atomic E-state index is -0.301. The number of halogens is 1. The highest BCUT2D eigenvalue weighted by Crippen LogP contribution is 2.27. The van der Waals surface area contributed by atoms with Crippen molar-refractivity contribution in [2.45, 2.75) is 19.9 Å². The molecular formula is C25H26FN5O. The highest BCUT2D eigenvalue weighted by atomic mass is 19.1. The number of benzene rings is 2. The fourth-order valence-corrected chi connectivity index (χ4v) is 3.83. The molecule has 4 aromatic rings. The fourth-order valence-electron chi connectivity index (χ4n) is 3.83. The predicted molar refractivity (Wildman–Crippen MR) is 125 cm³/mol. The van der Waals surface area contributed by atoms with Gasteiger partial charge in [-0.2, -0.15) is 0 Å². The van der Waals surface area contributed by atoms with Gasteiger partial charge < -0.3 is 15.7 Å². The molecule has 0 spiro atoms. The summed E-state index contributed by atoms with van der Waals surface area (Å²) in [6.07, 6.45) is 3.61.